The van der Waals surface area contributed by atoms with Crippen LogP contribution in [0.4, 0.5) is 0 Å². The Bertz CT molecular complexity index is 641. The summed E-state index contributed by atoms with van der Waals surface area (Å²) in [6, 6.07) is 6.64. The van der Waals surface area contributed by atoms with Crippen LogP contribution in [0.1, 0.15) is 56.6 Å². The summed E-state index contributed by atoms with van der Waals surface area (Å²) in [4.78, 5) is 2.47. The van der Waals surface area contributed by atoms with Crippen LogP contribution in [0.15, 0.2) is 18.2 Å². The van der Waals surface area contributed by atoms with Gasteiger partial charge in [-0.1, -0.05) is 32.3 Å². The average molecular weight is 344 g/mol. The van der Waals surface area contributed by atoms with Gasteiger partial charge in [-0.3, -0.25) is 0 Å². The Kier molecular flexibility index (Phi) is 4.33. The molecule has 4 heteroatoms. The van der Waals surface area contributed by atoms with Crippen molar-refractivity contribution >= 4 is 0 Å². The van der Waals surface area contributed by atoms with Gasteiger partial charge < -0.3 is 20.4 Å². The number of hydrogen-bond acceptors (Lipinski definition) is 4. The molecule has 25 heavy (non-hydrogen) atoms. The highest BCUT2D eigenvalue weighted by molar-refractivity contribution is 5.45. The van der Waals surface area contributed by atoms with E-state index in [9.17, 15) is 10.2 Å². The van der Waals surface area contributed by atoms with Gasteiger partial charge in [0.05, 0.1) is 5.60 Å². The number of aliphatic hydroxyl groups is 1. The van der Waals surface area contributed by atoms with Gasteiger partial charge >= 0.3 is 0 Å². The van der Waals surface area contributed by atoms with Crippen molar-refractivity contribution in [2.45, 2.75) is 75.0 Å². The fourth-order valence-corrected chi connectivity index (χ4v) is 5.53. The third-order valence-electron chi connectivity index (χ3n) is 7.19. The maximum Gasteiger partial charge on any atom is 0.115 e. The molecule has 0 aromatic heterocycles. The van der Waals surface area contributed by atoms with Gasteiger partial charge in [0.15, 0.2) is 0 Å². The first-order chi connectivity index (χ1) is 11.9. The topological polar surface area (TPSA) is 55.7 Å². The van der Waals surface area contributed by atoms with Crippen LogP contribution in [0.25, 0.3) is 0 Å². The lowest BCUT2D eigenvalue weighted by Gasteiger charge is -2.55. The molecule has 3 atom stereocenters. The van der Waals surface area contributed by atoms with E-state index < -0.39 is 5.60 Å². The highest BCUT2D eigenvalue weighted by atomic mass is 16.3. The van der Waals surface area contributed by atoms with Gasteiger partial charge in [0, 0.05) is 24.0 Å². The molecule has 138 valence electrons. The summed E-state index contributed by atoms with van der Waals surface area (Å²) in [6.07, 6.45) is 7.45. The molecule has 2 aliphatic carbocycles. The molecule has 1 aliphatic heterocycles. The van der Waals surface area contributed by atoms with Crippen molar-refractivity contribution in [3.63, 3.8) is 0 Å². The number of hydrogen-bond donors (Lipinski definition) is 3. The summed E-state index contributed by atoms with van der Waals surface area (Å²) < 4.78 is 0. The van der Waals surface area contributed by atoms with E-state index in [0.717, 1.165) is 45.1 Å². The molecule has 2 bridgehead atoms. The minimum absolute atomic E-state index is 0.00846. The van der Waals surface area contributed by atoms with E-state index in [1.807, 2.05) is 12.1 Å². The maximum absolute atomic E-state index is 10.9. The maximum atomic E-state index is 10.9. The van der Waals surface area contributed by atoms with E-state index >= 15 is 0 Å². The molecule has 3 aliphatic rings. The number of piperidine rings is 1. The molecule has 4 rings (SSSR count). The minimum Gasteiger partial charge on any atom is -0.508 e. The average Bonchev–Trinajstić information content (AvgIpc) is 2.59. The minimum atomic E-state index is -0.541. The molecule has 1 saturated carbocycles. The Balaban J connectivity index is 1.62. The molecule has 1 aromatic carbocycles. The van der Waals surface area contributed by atoms with Crippen molar-refractivity contribution < 1.29 is 10.2 Å². The van der Waals surface area contributed by atoms with Crippen LogP contribution in [0.3, 0.4) is 0 Å². The van der Waals surface area contributed by atoms with Gasteiger partial charge in [-0.2, -0.15) is 0 Å². The molecule has 2 fully saturated rings. The Morgan fingerprint density at radius 2 is 1.96 bits per heavy atom. The molecule has 0 spiro atoms. The van der Waals surface area contributed by atoms with Crippen LogP contribution in [0, 0.1) is 0 Å². The van der Waals surface area contributed by atoms with Gasteiger partial charge in [0.1, 0.15) is 5.75 Å². The molecule has 1 aromatic rings. The van der Waals surface area contributed by atoms with Gasteiger partial charge in [-0.15, -0.1) is 0 Å². The highest BCUT2D eigenvalue weighted by Gasteiger charge is 2.50. The molecule has 1 unspecified atom stereocenters. The second-order valence-corrected chi connectivity index (χ2v) is 8.90. The summed E-state index contributed by atoms with van der Waals surface area (Å²) in [5.74, 6) is 0.363. The Hall–Kier alpha value is -1.10. The second-order valence-electron chi connectivity index (χ2n) is 8.90. The highest BCUT2D eigenvalue weighted by Crippen LogP contribution is 2.45. The number of aromatic hydroxyl groups is 1. The molecule has 4 nitrogen and oxygen atoms in total. The molecular weight excluding hydrogens is 312 g/mol. The first kappa shape index (κ1) is 17.3. The summed E-state index contributed by atoms with van der Waals surface area (Å²) in [7, 11) is 2.22. The van der Waals surface area contributed by atoms with Crippen molar-refractivity contribution in [2.24, 2.45) is 0 Å². The van der Waals surface area contributed by atoms with E-state index in [2.05, 4.69) is 30.3 Å². The van der Waals surface area contributed by atoms with Crippen molar-refractivity contribution in [1.29, 1.82) is 0 Å². The van der Waals surface area contributed by atoms with Crippen LogP contribution in [0.5, 0.6) is 5.75 Å². The molecule has 3 N–H and O–H groups in total. The van der Waals surface area contributed by atoms with E-state index in [1.54, 1.807) is 0 Å². The normalized spacial score (nSPS) is 34.5. The zero-order valence-corrected chi connectivity index (χ0v) is 15.6. The quantitative estimate of drug-likeness (QED) is 0.789. The third kappa shape index (κ3) is 2.98. The molecule has 0 amide bonds. The largest absolute Gasteiger partial charge is 0.508 e. The number of nitrogens with one attached hydrogen (secondary N) is 1. The Morgan fingerprint density at radius 1 is 1.20 bits per heavy atom. The Morgan fingerprint density at radius 3 is 2.72 bits per heavy atom. The lowest BCUT2D eigenvalue weighted by Crippen LogP contribution is -2.67. The van der Waals surface area contributed by atoms with Crippen molar-refractivity contribution in [1.82, 2.24) is 10.2 Å². The van der Waals surface area contributed by atoms with E-state index in [1.165, 1.54) is 17.5 Å². The fraction of sp³-hybridized carbons (Fsp3) is 0.714. The predicted octanol–water partition coefficient (Wildman–Crippen LogP) is 2.56. The van der Waals surface area contributed by atoms with Crippen molar-refractivity contribution in [3.05, 3.63) is 29.3 Å². The van der Waals surface area contributed by atoms with Gasteiger partial charge in [-0.05, 0) is 62.5 Å². The molecular formula is C21H32N2O2. The number of fused-ring (bicyclic) bond motifs is 4. The zero-order chi connectivity index (χ0) is 17.7. The van der Waals surface area contributed by atoms with E-state index in [0.29, 0.717) is 24.4 Å². The summed E-state index contributed by atoms with van der Waals surface area (Å²) >= 11 is 0. The van der Waals surface area contributed by atoms with Crippen LogP contribution in [0.2, 0.25) is 0 Å². The summed E-state index contributed by atoms with van der Waals surface area (Å²) in [5, 5.41) is 24.8. The number of nitrogens with zero attached hydrogens (tertiary/aromatic N) is 1. The number of likely N-dealkylation sites (tertiary alicyclic amines) is 1. The number of likely N-dealkylation sites (N-methyl/N-ethyl adjacent to an activating group) is 1. The Labute approximate surface area is 151 Å². The number of benzene rings is 1. The molecule has 0 radical (unpaired) electrons. The standard InChI is InChI=1S/C21H32N2O2/c1-20-10-11-23(2)18(12-15-6-7-16(24)13-17(15)20)19(20)22-14-21(25)8-4-3-5-9-21/h6-7,13,18-19,22,24-25H,3-5,8-12,14H2,1-2H3/t18-,19+,20?/m1/s1. The number of rotatable bonds is 3. The van der Waals surface area contributed by atoms with Gasteiger partial charge in [-0.25, -0.2) is 0 Å². The number of phenols is 1. The van der Waals surface area contributed by atoms with Crippen LogP contribution in [-0.2, 0) is 11.8 Å². The van der Waals surface area contributed by atoms with E-state index in [4.69, 9.17) is 0 Å². The van der Waals surface area contributed by atoms with Crippen LogP contribution >= 0.6 is 0 Å². The second kappa shape index (κ2) is 6.26. The monoisotopic (exact) mass is 344 g/mol. The van der Waals surface area contributed by atoms with E-state index in [-0.39, 0.29) is 5.41 Å². The lowest BCUT2D eigenvalue weighted by molar-refractivity contribution is -0.0114. The van der Waals surface area contributed by atoms with Gasteiger partial charge in [0.2, 0.25) is 0 Å². The van der Waals surface area contributed by atoms with Crippen molar-refractivity contribution in [3.8, 4) is 5.75 Å². The first-order valence-electron chi connectivity index (χ1n) is 9.90. The lowest BCUT2D eigenvalue weighted by atomic mass is 9.61. The third-order valence-corrected chi connectivity index (χ3v) is 7.19. The van der Waals surface area contributed by atoms with Crippen LogP contribution < -0.4 is 5.32 Å². The zero-order valence-electron chi connectivity index (χ0n) is 15.6. The summed E-state index contributed by atoms with van der Waals surface area (Å²) in [6.45, 7) is 4.11. The SMILES string of the molecule is CN1CCC2(C)c3cc(O)ccc3C[C@@H]1[C@@H]2NCC1(O)CCCCC1. The smallest absolute Gasteiger partial charge is 0.115 e. The first-order valence-corrected chi connectivity index (χ1v) is 9.90. The predicted molar refractivity (Wildman–Crippen MR) is 100 cm³/mol. The fourth-order valence-electron chi connectivity index (χ4n) is 5.53. The molecule has 1 heterocycles. The van der Waals surface area contributed by atoms with Crippen LogP contribution in [-0.4, -0.2) is 52.9 Å². The summed E-state index contributed by atoms with van der Waals surface area (Å²) in [5.41, 5.74) is 2.13. The van der Waals surface area contributed by atoms with Gasteiger partial charge in [0.25, 0.3) is 0 Å². The van der Waals surface area contributed by atoms with Crippen molar-refractivity contribution in [2.75, 3.05) is 20.1 Å². The molecule has 1 saturated heterocycles. The number of phenolic OH excluding ortho intramolecular Hbond substituents is 1.